The van der Waals surface area contributed by atoms with Gasteiger partial charge >= 0.3 is 0 Å². The third-order valence-corrected chi connectivity index (χ3v) is 3.66. The lowest BCUT2D eigenvalue weighted by Gasteiger charge is -2.18. The molecule has 0 saturated carbocycles. The fourth-order valence-electron chi connectivity index (χ4n) is 1.87. The molecule has 19 heavy (non-hydrogen) atoms. The second-order valence-corrected chi connectivity index (χ2v) is 5.11. The standard InChI is InChI=1S/C16H17BrO2/c1-18-12-16(13-7-3-2-4-8-13)19-11-14-9-5-6-10-15(14)17/h2-10,16H,11-12H2,1H3/t16-/m0/s1. The number of hydrogen-bond donors (Lipinski definition) is 0. The van der Waals surface area contributed by atoms with Crippen molar-refractivity contribution in [1.29, 1.82) is 0 Å². The summed E-state index contributed by atoms with van der Waals surface area (Å²) in [7, 11) is 1.69. The summed E-state index contributed by atoms with van der Waals surface area (Å²) in [6.07, 6.45) is -0.0432. The smallest absolute Gasteiger partial charge is 0.106 e. The van der Waals surface area contributed by atoms with Crippen LogP contribution in [0, 0.1) is 0 Å². The van der Waals surface area contributed by atoms with E-state index in [1.54, 1.807) is 7.11 Å². The van der Waals surface area contributed by atoms with Gasteiger partial charge in [0, 0.05) is 11.6 Å². The summed E-state index contributed by atoms with van der Waals surface area (Å²) in [6.45, 7) is 1.11. The molecule has 0 aromatic heterocycles. The second-order valence-electron chi connectivity index (χ2n) is 4.26. The van der Waals surface area contributed by atoms with E-state index in [0.717, 1.165) is 15.6 Å². The molecule has 0 bridgehead atoms. The highest BCUT2D eigenvalue weighted by atomic mass is 79.9. The summed E-state index contributed by atoms with van der Waals surface area (Å²) >= 11 is 3.53. The first-order valence-electron chi connectivity index (χ1n) is 6.20. The Bertz CT molecular complexity index is 499. The van der Waals surface area contributed by atoms with Crippen molar-refractivity contribution in [3.63, 3.8) is 0 Å². The van der Waals surface area contributed by atoms with Crippen LogP contribution in [0.1, 0.15) is 17.2 Å². The van der Waals surface area contributed by atoms with E-state index in [2.05, 4.69) is 34.1 Å². The van der Waals surface area contributed by atoms with Crippen molar-refractivity contribution in [2.75, 3.05) is 13.7 Å². The predicted octanol–water partition coefficient (Wildman–Crippen LogP) is 4.35. The van der Waals surface area contributed by atoms with Gasteiger partial charge in [0.1, 0.15) is 6.10 Å². The van der Waals surface area contributed by atoms with E-state index in [0.29, 0.717) is 13.2 Å². The summed E-state index contributed by atoms with van der Waals surface area (Å²) in [5.74, 6) is 0. The molecule has 0 heterocycles. The Morgan fingerprint density at radius 3 is 2.37 bits per heavy atom. The normalized spacial score (nSPS) is 12.3. The first-order valence-corrected chi connectivity index (χ1v) is 6.99. The number of methoxy groups -OCH3 is 1. The van der Waals surface area contributed by atoms with Crippen molar-refractivity contribution in [2.45, 2.75) is 12.7 Å². The Morgan fingerprint density at radius 1 is 1.00 bits per heavy atom. The third-order valence-electron chi connectivity index (χ3n) is 2.89. The Labute approximate surface area is 122 Å². The van der Waals surface area contributed by atoms with Gasteiger partial charge in [0.2, 0.25) is 0 Å². The average Bonchev–Trinajstić information content (AvgIpc) is 2.46. The SMILES string of the molecule is COC[C@H](OCc1ccccc1Br)c1ccccc1. The monoisotopic (exact) mass is 320 g/mol. The van der Waals surface area contributed by atoms with Crippen LogP contribution in [0.15, 0.2) is 59.1 Å². The molecular formula is C16H17BrO2. The van der Waals surface area contributed by atoms with Crippen LogP contribution in [0.25, 0.3) is 0 Å². The fourth-order valence-corrected chi connectivity index (χ4v) is 2.26. The van der Waals surface area contributed by atoms with Gasteiger partial charge in [0.25, 0.3) is 0 Å². The summed E-state index contributed by atoms with van der Waals surface area (Å²) in [5.41, 5.74) is 2.27. The van der Waals surface area contributed by atoms with Gasteiger partial charge in [-0.3, -0.25) is 0 Å². The minimum absolute atomic E-state index is 0.0432. The van der Waals surface area contributed by atoms with E-state index in [-0.39, 0.29) is 6.10 Å². The van der Waals surface area contributed by atoms with Gasteiger partial charge < -0.3 is 9.47 Å². The second kappa shape index (κ2) is 7.43. The lowest BCUT2D eigenvalue weighted by molar-refractivity contribution is -0.0130. The zero-order valence-corrected chi connectivity index (χ0v) is 12.5. The Balaban J connectivity index is 2.04. The van der Waals surface area contributed by atoms with Crippen molar-refractivity contribution in [3.8, 4) is 0 Å². The van der Waals surface area contributed by atoms with Gasteiger partial charge in [-0.1, -0.05) is 64.5 Å². The molecule has 2 aromatic carbocycles. The minimum atomic E-state index is -0.0432. The zero-order valence-electron chi connectivity index (χ0n) is 10.9. The van der Waals surface area contributed by atoms with Crippen LogP contribution in [0.3, 0.4) is 0 Å². The predicted molar refractivity (Wildman–Crippen MR) is 80.0 cm³/mol. The van der Waals surface area contributed by atoms with E-state index >= 15 is 0 Å². The van der Waals surface area contributed by atoms with E-state index in [9.17, 15) is 0 Å². The van der Waals surface area contributed by atoms with Crippen molar-refractivity contribution in [2.24, 2.45) is 0 Å². The topological polar surface area (TPSA) is 18.5 Å². The van der Waals surface area contributed by atoms with E-state index in [1.807, 2.05) is 36.4 Å². The van der Waals surface area contributed by atoms with Crippen LogP contribution in [0.5, 0.6) is 0 Å². The molecule has 0 N–H and O–H groups in total. The quantitative estimate of drug-likeness (QED) is 0.787. The first kappa shape index (κ1) is 14.3. The molecule has 2 aromatic rings. The summed E-state index contributed by atoms with van der Waals surface area (Å²) in [4.78, 5) is 0. The van der Waals surface area contributed by atoms with Gasteiger partial charge in [-0.05, 0) is 17.2 Å². The molecule has 0 spiro atoms. The van der Waals surface area contributed by atoms with E-state index < -0.39 is 0 Å². The van der Waals surface area contributed by atoms with Gasteiger partial charge in [-0.15, -0.1) is 0 Å². The minimum Gasteiger partial charge on any atom is -0.382 e. The number of hydrogen-bond acceptors (Lipinski definition) is 2. The van der Waals surface area contributed by atoms with Gasteiger partial charge in [-0.25, -0.2) is 0 Å². The van der Waals surface area contributed by atoms with Crippen LogP contribution in [-0.2, 0) is 16.1 Å². The van der Waals surface area contributed by atoms with Crippen molar-refractivity contribution < 1.29 is 9.47 Å². The lowest BCUT2D eigenvalue weighted by Crippen LogP contribution is -2.10. The lowest BCUT2D eigenvalue weighted by atomic mass is 10.1. The number of rotatable bonds is 6. The van der Waals surface area contributed by atoms with Crippen LogP contribution in [0.4, 0.5) is 0 Å². The van der Waals surface area contributed by atoms with E-state index in [1.165, 1.54) is 0 Å². The molecule has 2 nitrogen and oxygen atoms in total. The van der Waals surface area contributed by atoms with Gasteiger partial charge in [0.05, 0.1) is 13.2 Å². The summed E-state index contributed by atoms with van der Waals surface area (Å²) < 4.78 is 12.3. The molecule has 2 rings (SSSR count). The van der Waals surface area contributed by atoms with Crippen LogP contribution in [-0.4, -0.2) is 13.7 Å². The molecule has 0 fully saturated rings. The molecule has 0 aliphatic carbocycles. The largest absolute Gasteiger partial charge is 0.382 e. The maximum absolute atomic E-state index is 5.98. The molecule has 1 atom stereocenters. The number of benzene rings is 2. The fraction of sp³-hybridized carbons (Fsp3) is 0.250. The van der Waals surface area contributed by atoms with Crippen LogP contribution < -0.4 is 0 Å². The van der Waals surface area contributed by atoms with Gasteiger partial charge in [0.15, 0.2) is 0 Å². The molecular weight excluding hydrogens is 304 g/mol. The molecule has 100 valence electrons. The highest BCUT2D eigenvalue weighted by molar-refractivity contribution is 9.10. The van der Waals surface area contributed by atoms with E-state index in [4.69, 9.17) is 9.47 Å². The van der Waals surface area contributed by atoms with Crippen LogP contribution in [0.2, 0.25) is 0 Å². The number of halogens is 1. The molecule has 0 aliphatic heterocycles. The zero-order chi connectivity index (χ0) is 13.5. The summed E-state index contributed by atoms with van der Waals surface area (Å²) in [6, 6.07) is 18.2. The highest BCUT2D eigenvalue weighted by Gasteiger charge is 2.12. The molecule has 3 heteroatoms. The summed E-state index contributed by atoms with van der Waals surface area (Å²) in [5, 5.41) is 0. The Hall–Kier alpha value is -1.16. The van der Waals surface area contributed by atoms with Crippen molar-refractivity contribution >= 4 is 15.9 Å². The average molecular weight is 321 g/mol. The molecule has 0 saturated heterocycles. The van der Waals surface area contributed by atoms with Crippen molar-refractivity contribution in [3.05, 3.63) is 70.2 Å². The first-order chi connectivity index (χ1) is 9.31. The maximum Gasteiger partial charge on any atom is 0.106 e. The maximum atomic E-state index is 5.98. The highest BCUT2D eigenvalue weighted by Crippen LogP contribution is 2.22. The molecule has 0 aliphatic rings. The van der Waals surface area contributed by atoms with Gasteiger partial charge in [-0.2, -0.15) is 0 Å². The van der Waals surface area contributed by atoms with Crippen molar-refractivity contribution in [1.82, 2.24) is 0 Å². The molecule has 0 amide bonds. The van der Waals surface area contributed by atoms with Crippen LogP contribution >= 0.6 is 15.9 Å². The Morgan fingerprint density at radius 2 is 1.68 bits per heavy atom. The molecule has 0 radical (unpaired) electrons. The molecule has 0 unspecified atom stereocenters. The number of ether oxygens (including phenoxy) is 2. The third kappa shape index (κ3) is 4.16. The Kier molecular flexibility index (Phi) is 5.58.